The standard InChI is InChI=1S/C24H23NO4/c1-16-8-9-17(2)21(14-16)25-23(27)22(19-6-4-3-5-7-19)29-24(28)20-12-10-18(15-26)11-13-20/h3-14,22,26H,15H2,1-2H3,(H,25,27)/t22-/m0/s1. The number of carbonyl (C=O) groups excluding carboxylic acids is 2. The van der Waals surface area contributed by atoms with Crippen molar-refractivity contribution >= 4 is 17.6 Å². The van der Waals surface area contributed by atoms with Crippen molar-refractivity contribution in [3.63, 3.8) is 0 Å². The summed E-state index contributed by atoms with van der Waals surface area (Å²) in [5.41, 5.74) is 4.19. The lowest BCUT2D eigenvalue weighted by atomic mass is 10.1. The van der Waals surface area contributed by atoms with Gasteiger partial charge in [0.25, 0.3) is 5.91 Å². The van der Waals surface area contributed by atoms with Crippen LogP contribution in [0, 0.1) is 13.8 Å². The molecule has 0 bridgehead atoms. The van der Waals surface area contributed by atoms with Crippen molar-refractivity contribution in [1.82, 2.24) is 0 Å². The molecule has 0 heterocycles. The van der Waals surface area contributed by atoms with Crippen LogP contribution in [0.4, 0.5) is 5.69 Å². The molecule has 5 nitrogen and oxygen atoms in total. The van der Waals surface area contributed by atoms with E-state index in [-0.39, 0.29) is 6.61 Å². The zero-order valence-corrected chi connectivity index (χ0v) is 16.4. The van der Waals surface area contributed by atoms with Gasteiger partial charge < -0.3 is 15.2 Å². The minimum Gasteiger partial charge on any atom is -0.444 e. The van der Waals surface area contributed by atoms with Crippen molar-refractivity contribution in [2.24, 2.45) is 0 Å². The van der Waals surface area contributed by atoms with Gasteiger partial charge in [0, 0.05) is 11.3 Å². The highest BCUT2D eigenvalue weighted by molar-refractivity contribution is 5.98. The summed E-state index contributed by atoms with van der Waals surface area (Å²) in [7, 11) is 0. The maximum atomic E-state index is 13.0. The van der Waals surface area contributed by atoms with Crippen molar-refractivity contribution in [3.05, 3.63) is 101 Å². The number of carbonyl (C=O) groups is 2. The second kappa shape index (κ2) is 9.17. The van der Waals surface area contributed by atoms with E-state index in [0.717, 1.165) is 11.1 Å². The van der Waals surface area contributed by atoms with Gasteiger partial charge >= 0.3 is 5.97 Å². The maximum Gasteiger partial charge on any atom is 0.339 e. The molecule has 0 fully saturated rings. The number of nitrogens with one attached hydrogen (secondary N) is 1. The van der Waals surface area contributed by atoms with E-state index >= 15 is 0 Å². The highest BCUT2D eigenvalue weighted by Gasteiger charge is 2.26. The van der Waals surface area contributed by atoms with Gasteiger partial charge in [-0.25, -0.2) is 4.79 Å². The predicted octanol–water partition coefficient (Wildman–Crippen LogP) is 4.33. The van der Waals surface area contributed by atoms with Gasteiger partial charge in [0.05, 0.1) is 12.2 Å². The Morgan fingerprint density at radius 2 is 1.66 bits per heavy atom. The van der Waals surface area contributed by atoms with Gasteiger partial charge in [-0.1, -0.05) is 54.6 Å². The van der Waals surface area contributed by atoms with E-state index in [2.05, 4.69) is 5.32 Å². The molecule has 5 heteroatoms. The third-order valence-electron chi connectivity index (χ3n) is 4.59. The number of ether oxygens (including phenoxy) is 1. The monoisotopic (exact) mass is 389 g/mol. The highest BCUT2D eigenvalue weighted by Crippen LogP contribution is 2.24. The summed E-state index contributed by atoms with van der Waals surface area (Å²) in [5, 5.41) is 12.0. The van der Waals surface area contributed by atoms with Crippen LogP contribution in [-0.4, -0.2) is 17.0 Å². The average Bonchev–Trinajstić information content (AvgIpc) is 2.75. The maximum absolute atomic E-state index is 13.0. The Balaban J connectivity index is 1.85. The largest absolute Gasteiger partial charge is 0.444 e. The Bertz CT molecular complexity index is 997. The molecule has 1 amide bonds. The molecule has 0 radical (unpaired) electrons. The number of aliphatic hydroxyl groups excluding tert-OH is 1. The van der Waals surface area contributed by atoms with E-state index in [9.17, 15) is 9.59 Å². The molecule has 0 aromatic heterocycles. The van der Waals surface area contributed by atoms with Crippen molar-refractivity contribution in [2.45, 2.75) is 26.6 Å². The number of esters is 1. The molecule has 0 unspecified atom stereocenters. The number of aryl methyl sites for hydroxylation is 2. The van der Waals surface area contributed by atoms with E-state index in [1.165, 1.54) is 0 Å². The fourth-order valence-corrected chi connectivity index (χ4v) is 2.89. The van der Waals surface area contributed by atoms with Crippen LogP contribution < -0.4 is 5.32 Å². The van der Waals surface area contributed by atoms with Gasteiger partial charge in [-0.15, -0.1) is 0 Å². The van der Waals surface area contributed by atoms with Gasteiger partial charge in [-0.2, -0.15) is 0 Å². The lowest BCUT2D eigenvalue weighted by Crippen LogP contribution is -2.26. The topological polar surface area (TPSA) is 75.6 Å². The van der Waals surface area contributed by atoms with Crippen LogP contribution in [0.5, 0.6) is 0 Å². The molecule has 29 heavy (non-hydrogen) atoms. The molecule has 1 atom stereocenters. The normalized spacial score (nSPS) is 11.6. The number of anilines is 1. The van der Waals surface area contributed by atoms with Crippen LogP contribution in [0.2, 0.25) is 0 Å². The first-order valence-corrected chi connectivity index (χ1v) is 9.32. The molecule has 2 N–H and O–H groups in total. The molecule has 3 aromatic carbocycles. The first-order chi connectivity index (χ1) is 14.0. The molecule has 3 rings (SSSR count). The summed E-state index contributed by atoms with van der Waals surface area (Å²) in [4.78, 5) is 25.7. The quantitative estimate of drug-likeness (QED) is 0.615. The summed E-state index contributed by atoms with van der Waals surface area (Å²) in [5.74, 6) is -1.04. The third kappa shape index (κ3) is 5.09. The van der Waals surface area contributed by atoms with Crippen molar-refractivity contribution in [3.8, 4) is 0 Å². The summed E-state index contributed by atoms with van der Waals surface area (Å²) in [6.07, 6.45) is -1.10. The van der Waals surface area contributed by atoms with Crippen LogP contribution in [0.25, 0.3) is 0 Å². The van der Waals surface area contributed by atoms with Gasteiger partial charge in [0.15, 0.2) is 0 Å². The fourth-order valence-electron chi connectivity index (χ4n) is 2.89. The van der Waals surface area contributed by atoms with Gasteiger partial charge in [0.1, 0.15) is 0 Å². The molecule has 148 valence electrons. The van der Waals surface area contributed by atoms with Gasteiger partial charge in [-0.3, -0.25) is 4.79 Å². The Labute approximate surface area is 170 Å². The van der Waals surface area contributed by atoms with E-state index in [1.54, 1.807) is 48.5 Å². The zero-order valence-electron chi connectivity index (χ0n) is 16.4. The molecular weight excluding hydrogens is 366 g/mol. The smallest absolute Gasteiger partial charge is 0.339 e. The summed E-state index contributed by atoms with van der Waals surface area (Å²) < 4.78 is 5.59. The van der Waals surface area contributed by atoms with Crippen LogP contribution in [0.3, 0.4) is 0 Å². The average molecular weight is 389 g/mol. The lowest BCUT2D eigenvalue weighted by Gasteiger charge is -2.19. The SMILES string of the molecule is Cc1ccc(C)c(NC(=O)[C@@H](OC(=O)c2ccc(CO)cc2)c2ccccc2)c1. The van der Waals surface area contributed by atoms with Gasteiger partial charge in [-0.05, 0) is 48.7 Å². The second-order valence-electron chi connectivity index (χ2n) is 6.86. The molecule has 0 aliphatic carbocycles. The first-order valence-electron chi connectivity index (χ1n) is 9.32. The van der Waals surface area contributed by atoms with Crippen molar-refractivity contribution in [2.75, 3.05) is 5.32 Å². The summed E-state index contributed by atoms with van der Waals surface area (Å²) >= 11 is 0. The highest BCUT2D eigenvalue weighted by atomic mass is 16.5. The summed E-state index contributed by atoms with van der Waals surface area (Å²) in [6, 6.07) is 21.1. The molecular formula is C24H23NO4. The van der Waals surface area contributed by atoms with Crippen LogP contribution in [0.15, 0.2) is 72.8 Å². The number of benzene rings is 3. The first kappa shape index (κ1) is 20.3. The lowest BCUT2D eigenvalue weighted by molar-refractivity contribution is -0.125. The Morgan fingerprint density at radius 1 is 0.966 bits per heavy atom. The third-order valence-corrected chi connectivity index (χ3v) is 4.59. The Kier molecular flexibility index (Phi) is 6.42. The molecule has 0 spiro atoms. The van der Waals surface area contributed by atoms with Crippen LogP contribution >= 0.6 is 0 Å². The van der Waals surface area contributed by atoms with Crippen LogP contribution in [0.1, 0.15) is 38.7 Å². The molecule has 0 aliphatic rings. The molecule has 0 aliphatic heterocycles. The van der Waals surface area contributed by atoms with E-state index < -0.39 is 18.0 Å². The predicted molar refractivity (Wildman–Crippen MR) is 112 cm³/mol. The minimum absolute atomic E-state index is 0.111. The Hall–Kier alpha value is -3.44. The molecule has 0 saturated heterocycles. The van der Waals surface area contributed by atoms with Crippen molar-refractivity contribution < 1.29 is 19.4 Å². The van der Waals surface area contributed by atoms with E-state index in [4.69, 9.17) is 9.84 Å². The van der Waals surface area contributed by atoms with Gasteiger partial charge in [0.2, 0.25) is 6.10 Å². The van der Waals surface area contributed by atoms with E-state index in [1.807, 2.05) is 38.1 Å². The fraction of sp³-hybridized carbons (Fsp3) is 0.167. The molecule has 0 saturated carbocycles. The number of amides is 1. The van der Waals surface area contributed by atoms with Crippen molar-refractivity contribution in [1.29, 1.82) is 0 Å². The number of aliphatic hydroxyl groups is 1. The number of hydrogen-bond acceptors (Lipinski definition) is 4. The molecule has 3 aromatic rings. The zero-order chi connectivity index (χ0) is 20.8. The number of rotatable bonds is 6. The minimum atomic E-state index is -1.10. The Morgan fingerprint density at radius 3 is 2.31 bits per heavy atom. The van der Waals surface area contributed by atoms with Crippen LogP contribution in [-0.2, 0) is 16.1 Å². The summed E-state index contributed by atoms with van der Waals surface area (Å²) in [6.45, 7) is 3.74. The second-order valence-corrected chi connectivity index (χ2v) is 6.86. The van der Waals surface area contributed by atoms with E-state index in [0.29, 0.717) is 22.4 Å². The number of hydrogen-bond donors (Lipinski definition) is 2.